The molecule has 2 heteroatoms. The monoisotopic (exact) mass is 245 g/mol. The molecule has 0 amide bonds. The van der Waals surface area contributed by atoms with E-state index in [1.165, 1.54) is 27.6 Å². The van der Waals surface area contributed by atoms with E-state index in [1.807, 2.05) is 0 Å². The third-order valence-electron chi connectivity index (χ3n) is 3.62. The van der Waals surface area contributed by atoms with Gasteiger partial charge in [-0.25, -0.2) is 0 Å². The summed E-state index contributed by atoms with van der Waals surface area (Å²) in [5.74, 6) is 0. The van der Waals surface area contributed by atoms with E-state index >= 15 is 0 Å². The zero-order valence-corrected chi connectivity index (χ0v) is 11.8. The SMILES string of the molecule is Cc1ccc(C)c2c1c(CCCO)cn2C(C)C. The van der Waals surface area contributed by atoms with Gasteiger partial charge in [-0.1, -0.05) is 12.1 Å². The molecule has 1 aromatic carbocycles. The third kappa shape index (κ3) is 2.17. The molecule has 0 aliphatic carbocycles. The number of aliphatic hydroxyl groups excluding tert-OH is 1. The van der Waals surface area contributed by atoms with Gasteiger partial charge in [0, 0.05) is 24.2 Å². The number of rotatable bonds is 4. The zero-order chi connectivity index (χ0) is 13.3. The van der Waals surface area contributed by atoms with E-state index < -0.39 is 0 Å². The van der Waals surface area contributed by atoms with Crippen LogP contribution in [0, 0.1) is 13.8 Å². The second-order valence-electron chi connectivity index (χ2n) is 5.41. The van der Waals surface area contributed by atoms with E-state index in [9.17, 15) is 0 Å². The standard InChI is InChI=1S/C16H23NO/c1-11(2)17-10-14(6-5-9-18)15-12(3)7-8-13(4)16(15)17/h7-8,10-11,18H,5-6,9H2,1-4H3. The molecule has 98 valence electrons. The Morgan fingerprint density at radius 1 is 1.17 bits per heavy atom. The van der Waals surface area contributed by atoms with Crippen molar-refractivity contribution in [2.75, 3.05) is 6.61 Å². The average Bonchev–Trinajstić information content (AvgIpc) is 2.72. The molecule has 0 spiro atoms. The number of hydrogen-bond donors (Lipinski definition) is 1. The molecule has 18 heavy (non-hydrogen) atoms. The minimum Gasteiger partial charge on any atom is -0.396 e. The number of hydrogen-bond acceptors (Lipinski definition) is 1. The van der Waals surface area contributed by atoms with Crippen LogP contribution in [0.2, 0.25) is 0 Å². The first-order valence-electron chi connectivity index (χ1n) is 6.76. The number of aliphatic hydroxyl groups is 1. The Balaban J connectivity index is 2.68. The summed E-state index contributed by atoms with van der Waals surface area (Å²) >= 11 is 0. The maximum Gasteiger partial charge on any atom is 0.0517 e. The van der Waals surface area contributed by atoms with Crippen LogP contribution >= 0.6 is 0 Å². The number of fused-ring (bicyclic) bond motifs is 1. The van der Waals surface area contributed by atoms with Gasteiger partial charge in [0.05, 0.1) is 5.52 Å². The molecule has 0 bridgehead atoms. The summed E-state index contributed by atoms with van der Waals surface area (Å²) in [6.07, 6.45) is 4.06. The average molecular weight is 245 g/mol. The first-order valence-corrected chi connectivity index (χ1v) is 6.76. The number of aryl methyl sites for hydroxylation is 3. The Morgan fingerprint density at radius 2 is 1.83 bits per heavy atom. The van der Waals surface area contributed by atoms with Gasteiger partial charge >= 0.3 is 0 Å². The van der Waals surface area contributed by atoms with Crippen molar-refractivity contribution < 1.29 is 5.11 Å². The molecule has 2 aromatic rings. The summed E-state index contributed by atoms with van der Waals surface area (Å²) in [6.45, 7) is 9.05. The maximum absolute atomic E-state index is 9.03. The van der Waals surface area contributed by atoms with Gasteiger partial charge in [-0.3, -0.25) is 0 Å². The van der Waals surface area contributed by atoms with Crippen molar-refractivity contribution in [3.8, 4) is 0 Å². The van der Waals surface area contributed by atoms with Gasteiger partial charge in [0.1, 0.15) is 0 Å². The highest BCUT2D eigenvalue weighted by molar-refractivity contribution is 5.89. The van der Waals surface area contributed by atoms with Crippen LogP contribution in [0.25, 0.3) is 10.9 Å². The van der Waals surface area contributed by atoms with Crippen molar-refractivity contribution in [2.45, 2.75) is 46.6 Å². The van der Waals surface area contributed by atoms with Crippen LogP contribution < -0.4 is 0 Å². The van der Waals surface area contributed by atoms with Crippen LogP contribution in [-0.4, -0.2) is 16.3 Å². The van der Waals surface area contributed by atoms with Crippen molar-refractivity contribution in [1.29, 1.82) is 0 Å². The Hall–Kier alpha value is -1.28. The summed E-state index contributed by atoms with van der Waals surface area (Å²) in [6, 6.07) is 4.87. The van der Waals surface area contributed by atoms with Gasteiger partial charge < -0.3 is 9.67 Å². The quantitative estimate of drug-likeness (QED) is 0.871. The largest absolute Gasteiger partial charge is 0.396 e. The zero-order valence-electron chi connectivity index (χ0n) is 11.8. The lowest BCUT2D eigenvalue weighted by atomic mass is 10.0. The predicted molar refractivity (Wildman–Crippen MR) is 77.2 cm³/mol. The minimum absolute atomic E-state index is 0.263. The summed E-state index contributed by atoms with van der Waals surface area (Å²) in [5.41, 5.74) is 5.40. The maximum atomic E-state index is 9.03. The third-order valence-corrected chi connectivity index (χ3v) is 3.62. The summed E-state index contributed by atoms with van der Waals surface area (Å²) in [4.78, 5) is 0. The molecular formula is C16H23NO. The molecular weight excluding hydrogens is 222 g/mol. The lowest BCUT2D eigenvalue weighted by molar-refractivity contribution is 0.288. The molecule has 0 saturated heterocycles. The van der Waals surface area contributed by atoms with E-state index in [1.54, 1.807) is 0 Å². The minimum atomic E-state index is 0.263. The van der Waals surface area contributed by atoms with E-state index in [0.717, 1.165) is 12.8 Å². The van der Waals surface area contributed by atoms with Gasteiger partial charge in [-0.2, -0.15) is 0 Å². The number of aromatic nitrogens is 1. The highest BCUT2D eigenvalue weighted by Crippen LogP contribution is 2.30. The normalized spacial score (nSPS) is 11.7. The topological polar surface area (TPSA) is 25.2 Å². The second kappa shape index (κ2) is 5.15. The van der Waals surface area contributed by atoms with Crippen LogP contribution in [-0.2, 0) is 6.42 Å². The fourth-order valence-electron chi connectivity index (χ4n) is 2.70. The first kappa shape index (κ1) is 13.2. The van der Waals surface area contributed by atoms with Crippen molar-refractivity contribution in [3.05, 3.63) is 35.0 Å². The van der Waals surface area contributed by atoms with Crippen LogP contribution in [0.5, 0.6) is 0 Å². The lowest BCUT2D eigenvalue weighted by Crippen LogP contribution is -1.99. The van der Waals surface area contributed by atoms with E-state index in [2.05, 4.69) is 50.6 Å². The molecule has 1 N–H and O–H groups in total. The Morgan fingerprint density at radius 3 is 2.44 bits per heavy atom. The second-order valence-corrected chi connectivity index (χ2v) is 5.41. The predicted octanol–water partition coefficient (Wildman–Crippen LogP) is 3.76. The molecule has 0 aliphatic heterocycles. The van der Waals surface area contributed by atoms with Crippen molar-refractivity contribution >= 4 is 10.9 Å². The Kier molecular flexibility index (Phi) is 3.76. The summed E-state index contributed by atoms with van der Waals surface area (Å²) in [7, 11) is 0. The summed E-state index contributed by atoms with van der Waals surface area (Å²) in [5, 5.41) is 10.4. The molecule has 1 aromatic heterocycles. The molecule has 0 saturated carbocycles. The van der Waals surface area contributed by atoms with Crippen LogP contribution in [0.15, 0.2) is 18.3 Å². The highest BCUT2D eigenvalue weighted by Gasteiger charge is 2.14. The van der Waals surface area contributed by atoms with E-state index in [0.29, 0.717) is 6.04 Å². The van der Waals surface area contributed by atoms with Crippen molar-refractivity contribution in [2.24, 2.45) is 0 Å². The van der Waals surface area contributed by atoms with Crippen LogP contribution in [0.4, 0.5) is 0 Å². The van der Waals surface area contributed by atoms with Crippen LogP contribution in [0.3, 0.4) is 0 Å². The fourth-order valence-corrected chi connectivity index (χ4v) is 2.70. The van der Waals surface area contributed by atoms with Crippen LogP contribution in [0.1, 0.15) is 43.0 Å². The molecule has 0 unspecified atom stereocenters. The van der Waals surface area contributed by atoms with Crippen molar-refractivity contribution in [1.82, 2.24) is 4.57 Å². The first-order chi connectivity index (χ1) is 8.56. The van der Waals surface area contributed by atoms with Gasteiger partial charge in [0.15, 0.2) is 0 Å². The smallest absolute Gasteiger partial charge is 0.0517 e. The Labute approximate surface area is 109 Å². The van der Waals surface area contributed by atoms with Gasteiger partial charge in [0.2, 0.25) is 0 Å². The lowest BCUT2D eigenvalue weighted by Gasteiger charge is -2.11. The van der Waals surface area contributed by atoms with E-state index in [-0.39, 0.29) is 6.61 Å². The van der Waals surface area contributed by atoms with Crippen molar-refractivity contribution in [3.63, 3.8) is 0 Å². The molecule has 0 radical (unpaired) electrons. The number of benzene rings is 1. The Bertz CT molecular complexity index is 552. The highest BCUT2D eigenvalue weighted by atomic mass is 16.2. The number of nitrogens with zero attached hydrogens (tertiary/aromatic N) is 1. The molecule has 2 nitrogen and oxygen atoms in total. The van der Waals surface area contributed by atoms with Gasteiger partial charge in [0.25, 0.3) is 0 Å². The molecule has 0 atom stereocenters. The van der Waals surface area contributed by atoms with Gasteiger partial charge in [-0.15, -0.1) is 0 Å². The summed E-state index contributed by atoms with van der Waals surface area (Å²) < 4.78 is 2.37. The fraction of sp³-hybridized carbons (Fsp3) is 0.500. The molecule has 0 aliphatic rings. The molecule has 2 rings (SSSR count). The molecule has 0 fully saturated rings. The van der Waals surface area contributed by atoms with E-state index in [4.69, 9.17) is 5.11 Å². The molecule has 1 heterocycles. The van der Waals surface area contributed by atoms with Gasteiger partial charge in [-0.05, 0) is 57.2 Å².